The molecule has 10 aromatic rings. The van der Waals surface area contributed by atoms with E-state index in [4.69, 9.17) is 0 Å². The highest BCUT2D eigenvalue weighted by molar-refractivity contribution is 6.09. The maximum absolute atomic E-state index is 2.67. The lowest BCUT2D eigenvalue weighted by Gasteiger charge is -2.48. The first kappa shape index (κ1) is 38.1. The second-order valence-electron chi connectivity index (χ2n) is 19.1. The summed E-state index contributed by atoms with van der Waals surface area (Å²) in [6.07, 6.45) is 7.94. The van der Waals surface area contributed by atoms with Gasteiger partial charge in [-0.25, -0.2) is 0 Å². The minimum atomic E-state index is 0.182. The predicted molar refractivity (Wildman–Crippen MR) is 274 cm³/mol. The Morgan fingerprint density at radius 1 is 0.462 bits per heavy atom. The minimum absolute atomic E-state index is 0.182. The predicted octanol–water partition coefficient (Wildman–Crippen LogP) is 17.0. The number of rotatable bonds is 8. The molecule has 2 bridgehead atoms. The molecule has 1 fully saturated rings. The SMILES string of the molecule is C[C@H]1C[C@@H]2C[C@@H]3C=C2C(c2ccccc2-c2ccc(N(c4ccc(-c5ccc6ccccc6c5)cc4)c4ccc(-c5ccccc5-n5c6ccccc6c6ccccc65)cc4)cc2)(C1)C3. The summed E-state index contributed by atoms with van der Waals surface area (Å²) in [4.78, 5) is 2.41. The Labute approximate surface area is 381 Å². The summed E-state index contributed by atoms with van der Waals surface area (Å²) in [5.41, 5.74) is 17.9. The zero-order valence-corrected chi connectivity index (χ0v) is 36.7. The van der Waals surface area contributed by atoms with Gasteiger partial charge in [-0.1, -0.05) is 170 Å². The van der Waals surface area contributed by atoms with Crippen LogP contribution in [0.1, 0.15) is 38.2 Å². The van der Waals surface area contributed by atoms with E-state index in [1.807, 2.05) is 0 Å². The fourth-order valence-electron chi connectivity index (χ4n) is 12.6. The average Bonchev–Trinajstić information content (AvgIpc) is 4.05. The number of allylic oxidation sites excluding steroid dienone is 2. The second-order valence-corrected chi connectivity index (χ2v) is 19.1. The summed E-state index contributed by atoms with van der Waals surface area (Å²) in [7, 11) is 0. The highest BCUT2D eigenvalue weighted by atomic mass is 15.1. The van der Waals surface area contributed by atoms with Crippen molar-refractivity contribution in [3.05, 3.63) is 230 Å². The van der Waals surface area contributed by atoms with Gasteiger partial charge in [0.2, 0.25) is 0 Å². The summed E-state index contributed by atoms with van der Waals surface area (Å²) in [6, 6.07) is 78.7. The van der Waals surface area contributed by atoms with Crippen molar-refractivity contribution in [2.75, 3.05) is 4.90 Å². The van der Waals surface area contributed by atoms with E-state index in [1.165, 1.54) is 103 Å². The topological polar surface area (TPSA) is 8.17 Å². The third-order valence-corrected chi connectivity index (χ3v) is 15.2. The summed E-state index contributed by atoms with van der Waals surface area (Å²) < 4.78 is 2.43. The van der Waals surface area contributed by atoms with Crippen molar-refractivity contribution >= 4 is 49.6 Å². The molecule has 0 amide bonds. The molecule has 1 saturated carbocycles. The largest absolute Gasteiger partial charge is 0.311 e. The molecule has 1 heterocycles. The lowest BCUT2D eigenvalue weighted by Crippen LogP contribution is -2.40. The van der Waals surface area contributed by atoms with Gasteiger partial charge in [0, 0.05) is 38.8 Å². The molecule has 3 aliphatic rings. The fourth-order valence-corrected chi connectivity index (χ4v) is 12.6. The van der Waals surface area contributed by atoms with E-state index in [1.54, 1.807) is 5.57 Å². The first-order chi connectivity index (χ1) is 32.1. The van der Waals surface area contributed by atoms with Crippen LogP contribution in [0.3, 0.4) is 0 Å². The van der Waals surface area contributed by atoms with Crippen molar-refractivity contribution in [1.82, 2.24) is 4.57 Å². The molecule has 312 valence electrons. The van der Waals surface area contributed by atoms with Gasteiger partial charge in [0.25, 0.3) is 0 Å². The van der Waals surface area contributed by atoms with E-state index in [-0.39, 0.29) is 5.41 Å². The Bertz CT molecular complexity index is 3410. The van der Waals surface area contributed by atoms with E-state index in [9.17, 15) is 0 Å². The smallest absolute Gasteiger partial charge is 0.0541 e. The fraction of sp³-hybridized carbons (Fsp3) is 0.143. The zero-order chi connectivity index (χ0) is 43.1. The normalized spacial score (nSPS) is 19.8. The molecule has 1 aromatic heterocycles. The van der Waals surface area contributed by atoms with E-state index in [2.05, 4.69) is 235 Å². The monoisotopic (exact) mass is 834 g/mol. The van der Waals surface area contributed by atoms with Crippen molar-refractivity contribution in [3.63, 3.8) is 0 Å². The number of hydrogen-bond donors (Lipinski definition) is 0. The number of anilines is 3. The molecule has 4 atom stereocenters. The lowest BCUT2D eigenvalue weighted by atomic mass is 9.56. The van der Waals surface area contributed by atoms with Crippen molar-refractivity contribution in [2.24, 2.45) is 17.8 Å². The zero-order valence-electron chi connectivity index (χ0n) is 36.7. The molecule has 0 radical (unpaired) electrons. The van der Waals surface area contributed by atoms with Crippen LogP contribution in [0, 0.1) is 17.8 Å². The summed E-state index contributed by atoms with van der Waals surface area (Å²) in [6.45, 7) is 2.49. The van der Waals surface area contributed by atoms with Gasteiger partial charge in [-0.05, 0) is 148 Å². The summed E-state index contributed by atoms with van der Waals surface area (Å²) in [5, 5.41) is 5.05. The molecular formula is C63H50N2. The van der Waals surface area contributed by atoms with Gasteiger partial charge in [0.1, 0.15) is 0 Å². The highest BCUT2D eigenvalue weighted by Crippen LogP contribution is 2.63. The molecule has 2 heteroatoms. The van der Waals surface area contributed by atoms with Gasteiger partial charge in [0.15, 0.2) is 0 Å². The van der Waals surface area contributed by atoms with Gasteiger partial charge >= 0.3 is 0 Å². The van der Waals surface area contributed by atoms with Crippen LogP contribution in [0.5, 0.6) is 0 Å². The van der Waals surface area contributed by atoms with Gasteiger partial charge in [-0.15, -0.1) is 0 Å². The number of nitrogens with zero attached hydrogens (tertiary/aromatic N) is 2. The number of aromatic nitrogens is 1. The van der Waals surface area contributed by atoms with Crippen LogP contribution in [-0.4, -0.2) is 4.57 Å². The Hall–Kier alpha value is -7.42. The van der Waals surface area contributed by atoms with E-state index >= 15 is 0 Å². The molecule has 0 aliphatic heterocycles. The van der Waals surface area contributed by atoms with Crippen LogP contribution < -0.4 is 4.90 Å². The van der Waals surface area contributed by atoms with Gasteiger partial charge in [0.05, 0.1) is 16.7 Å². The van der Waals surface area contributed by atoms with E-state index < -0.39 is 0 Å². The Balaban J connectivity index is 0.894. The quantitative estimate of drug-likeness (QED) is 0.138. The van der Waals surface area contributed by atoms with Crippen molar-refractivity contribution in [2.45, 2.75) is 38.0 Å². The van der Waals surface area contributed by atoms with Crippen LogP contribution in [-0.2, 0) is 5.41 Å². The summed E-state index contributed by atoms with van der Waals surface area (Å²) in [5.74, 6) is 2.26. The van der Waals surface area contributed by atoms with E-state index in [0.717, 1.165) is 34.8 Å². The minimum Gasteiger partial charge on any atom is -0.311 e. The lowest BCUT2D eigenvalue weighted by molar-refractivity contribution is 0.189. The Morgan fingerprint density at radius 2 is 1.00 bits per heavy atom. The first-order valence-corrected chi connectivity index (χ1v) is 23.6. The third-order valence-electron chi connectivity index (χ3n) is 15.2. The average molecular weight is 835 g/mol. The maximum Gasteiger partial charge on any atom is 0.0541 e. The van der Waals surface area contributed by atoms with Crippen LogP contribution in [0.15, 0.2) is 224 Å². The molecule has 0 N–H and O–H groups in total. The summed E-state index contributed by atoms with van der Waals surface area (Å²) >= 11 is 0. The number of fused-ring (bicyclic) bond motifs is 5. The van der Waals surface area contributed by atoms with Crippen LogP contribution in [0.2, 0.25) is 0 Å². The number of benzene rings is 9. The van der Waals surface area contributed by atoms with Crippen molar-refractivity contribution in [1.29, 1.82) is 0 Å². The Kier molecular flexibility index (Phi) is 8.85. The second kappa shape index (κ2) is 15.1. The third kappa shape index (κ3) is 6.22. The molecule has 0 saturated heterocycles. The maximum atomic E-state index is 2.67. The van der Waals surface area contributed by atoms with Crippen LogP contribution in [0.4, 0.5) is 17.1 Å². The molecule has 3 aliphatic carbocycles. The van der Waals surface area contributed by atoms with Crippen molar-refractivity contribution in [3.8, 4) is 39.1 Å². The van der Waals surface area contributed by atoms with E-state index in [0.29, 0.717) is 0 Å². The highest BCUT2D eigenvalue weighted by Gasteiger charge is 2.54. The van der Waals surface area contributed by atoms with Crippen LogP contribution in [0.25, 0.3) is 71.6 Å². The molecule has 1 unspecified atom stereocenters. The molecule has 65 heavy (non-hydrogen) atoms. The van der Waals surface area contributed by atoms with Gasteiger partial charge in [-0.2, -0.15) is 0 Å². The number of hydrogen-bond acceptors (Lipinski definition) is 1. The van der Waals surface area contributed by atoms with Gasteiger partial charge < -0.3 is 9.47 Å². The Morgan fingerprint density at radius 3 is 1.68 bits per heavy atom. The van der Waals surface area contributed by atoms with Crippen LogP contribution >= 0.6 is 0 Å². The van der Waals surface area contributed by atoms with Crippen molar-refractivity contribution < 1.29 is 0 Å². The molecule has 2 nitrogen and oxygen atoms in total. The van der Waals surface area contributed by atoms with Gasteiger partial charge in [-0.3, -0.25) is 0 Å². The standard InChI is InChI=1S/C63H50N2/c1-42-36-50-37-43-38-59(50)63(40-42,41-43)58-18-8-4-14-54(58)46-26-32-52(33-27-46)64(51-30-24-45(25-31-51)49-23-22-44-12-2-3-13-48(44)39-49)53-34-28-47(29-35-53)55-15-5-9-19-60(55)65-61-20-10-6-16-56(61)57-17-7-11-21-62(57)65/h2-35,38-39,42-43,50H,36-37,40-41H2,1H3/t42-,43+,50+,63?/m0/s1. The molecule has 13 rings (SSSR count). The first-order valence-electron chi connectivity index (χ1n) is 23.6. The molecule has 9 aromatic carbocycles. The number of para-hydroxylation sites is 3. The molecule has 0 spiro atoms. The molecular weight excluding hydrogens is 785 g/mol.